The minimum absolute atomic E-state index is 0.305. The van der Waals surface area contributed by atoms with Crippen LogP contribution in [0.3, 0.4) is 0 Å². The molecule has 3 heteroatoms. The number of carbonyl (C=O) groups is 1. The zero-order valence-corrected chi connectivity index (χ0v) is 12.3. The van der Waals surface area contributed by atoms with Crippen molar-refractivity contribution in [2.24, 2.45) is 5.92 Å². The fraction of sp³-hybridized carbons (Fsp3) is 0.588. The highest BCUT2D eigenvalue weighted by atomic mass is 16.4. The molecule has 1 atom stereocenters. The van der Waals surface area contributed by atoms with Gasteiger partial charge >= 0.3 is 5.97 Å². The van der Waals surface area contributed by atoms with Crippen LogP contribution in [0, 0.1) is 5.92 Å². The Morgan fingerprint density at radius 2 is 1.90 bits per heavy atom. The number of rotatable bonds is 6. The quantitative estimate of drug-likeness (QED) is 0.863. The van der Waals surface area contributed by atoms with Crippen LogP contribution in [0.5, 0.6) is 0 Å². The second-order valence-electron chi connectivity index (χ2n) is 5.95. The van der Waals surface area contributed by atoms with Crippen LogP contribution in [0.2, 0.25) is 0 Å². The van der Waals surface area contributed by atoms with Crippen LogP contribution < -0.4 is 0 Å². The normalized spacial score (nSPS) is 18.1. The van der Waals surface area contributed by atoms with E-state index in [4.69, 9.17) is 5.11 Å². The molecule has 0 radical (unpaired) electrons. The molecule has 0 saturated heterocycles. The predicted octanol–water partition coefficient (Wildman–Crippen LogP) is 3.54. The first kappa shape index (κ1) is 15.0. The molecule has 0 bridgehead atoms. The minimum atomic E-state index is -0.695. The molecule has 1 fully saturated rings. The third-order valence-electron chi connectivity index (χ3n) is 4.25. The summed E-state index contributed by atoms with van der Waals surface area (Å²) in [4.78, 5) is 13.5. The van der Waals surface area contributed by atoms with E-state index in [1.165, 1.54) is 37.7 Å². The predicted molar refractivity (Wildman–Crippen MR) is 80.5 cm³/mol. The monoisotopic (exact) mass is 275 g/mol. The number of aliphatic carboxylic acids is 1. The summed E-state index contributed by atoms with van der Waals surface area (Å²) in [6.45, 7) is 3.32. The van der Waals surface area contributed by atoms with Crippen molar-refractivity contribution in [1.82, 2.24) is 4.90 Å². The Morgan fingerprint density at radius 1 is 1.25 bits per heavy atom. The zero-order valence-electron chi connectivity index (χ0n) is 12.3. The lowest BCUT2D eigenvalue weighted by atomic mass is 9.93. The van der Waals surface area contributed by atoms with E-state index >= 15 is 0 Å². The van der Waals surface area contributed by atoms with Crippen LogP contribution in [-0.4, -0.2) is 28.6 Å². The fourth-order valence-electron chi connectivity index (χ4n) is 3.04. The first-order valence-electron chi connectivity index (χ1n) is 7.67. The highest BCUT2D eigenvalue weighted by molar-refractivity contribution is 5.69. The van der Waals surface area contributed by atoms with E-state index < -0.39 is 5.97 Å². The lowest BCUT2D eigenvalue weighted by Crippen LogP contribution is -2.40. The van der Waals surface area contributed by atoms with Gasteiger partial charge in [-0.25, -0.2) is 0 Å². The summed E-state index contributed by atoms with van der Waals surface area (Å²) in [5.41, 5.74) is 1.27. The first-order chi connectivity index (χ1) is 9.66. The molecule has 1 aromatic rings. The molecule has 1 aliphatic rings. The first-order valence-corrected chi connectivity index (χ1v) is 7.67. The largest absolute Gasteiger partial charge is 0.481 e. The van der Waals surface area contributed by atoms with Gasteiger partial charge in [0.15, 0.2) is 0 Å². The fourth-order valence-corrected chi connectivity index (χ4v) is 3.04. The van der Waals surface area contributed by atoms with Gasteiger partial charge in [-0.05, 0) is 18.4 Å². The minimum Gasteiger partial charge on any atom is -0.481 e. The van der Waals surface area contributed by atoms with Gasteiger partial charge in [-0.3, -0.25) is 9.69 Å². The smallest absolute Gasteiger partial charge is 0.307 e. The molecule has 0 aliphatic heterocycles. The van der Waals surface area contributed by atoms with Crippen LogP contribution in [-0.2, 0) is 11.3 Å². The summed E-state index contributed by atoms with van der Waals surface area (Å²) < 4.78 is 0. The lowest BCUT2D eigenvalue weighted by Gasteiger charge is -2.35. The molecule has 0 amide bonds. The Kier molecular flexibility index (Phi) is 5.60. The van der Waals surface area contributed by atoms with E-state index in [0.717, 1.165) is 6.54 Å². The van der Waals surface area contributed by atoms with Crippen molar-refractivity contribution in [3.05, 3.63) is 35.9 Å². The highest BCUT2D eigenvalue weighted by Crippen LogP contribution is 2.25. The SMILES string of the molecule is CC(CN(Cc1ccccc1)C1CCCCC1)C(=O)O. The van der Waals surface area contributed by atoms with Gasteiger partial charge in [0.1, 0.15) is 0 Å². The number of carboxylic acids is 1. The van der Waals surface area contributed by atoms with Crippen molar-refractivity contribution >= 4 is 5.97 Å². The van der Waals surface area contributed by atoms with Gasteiger partial charge in [0, 0.05) is 19.1 Å². The second-order valence-corrected chi connectivity index (χ2v) is 5.95. The van der Waals surface area contributed by atoms with Crippen LogP contribution >= 0.6 is 0 Å². The molecule has 2 rings (SSSR count). The molecular weight excluding hydrogens is 250 g/mol. The number of hydrogen-bond donors (Lipinski definition) is 1. The van der Waals surface area contributed by atoms with Crippen LogP contribution in [0.15, 0.2) is 30.3 Å². The second kappa shape index (κ2) is 7.44. The van der Waals surface area contributed by atoms with Crippen LogP contribution in [0.4, 0.5) is 0 Å². The molecule has 1 N–H and O–H groups in total. The standard InChI is InChI=1S/C17H25NO2/c1-14(17(19)20)12-18(16-10-6-3-7-11-16)13-15-8-4-2-5-9-15/h2,4-5,8-9,14,16H,3,6-7,10-13H2,1H3,(H,19,20). The van der Waals surface area contributed by atoms with Crippen molar-refractivity contribution in [1.29, 1.82) is 0 Å². The van der Waals surface area contributed by atoms with Gasteiger partial charge in [0.2, 0.25) is 0 Å². The average Bonchev–Trinajstić information content (AvgIpc) is 2.48. The van der Waals surface area contributed by atoms with Gasteiger partial charge in [0.25, 0.3) is 0 Å². The Bertz CT molecular complexity index is 412. The Morgan fingerprint density at radius 3 is 2.50 bits per heavy atom. The summed E-state index contributed by atoms with van der Waals surface area (Å²) in [5.74, 6) is -1.00. The Hall–Kier alpha value is -1.35. The van der Waals surface area contributed by atoms with Crippen LogP contribution in [0.25, 0.3) is 0 Å². The zero-order chi connectivity index (χ0) is 14.4. The maximum Gasteiger partial charge on any atom is 0.307 e. The van der Waals surface area contributed by atoms with Crippen LogP contribution in [0.1, 0.15) is 44.6 Å². The topological polar surface area (TPSA) is 40.5 Å². The molecule has 1 saturated carbocycles. The van der Waals surface area contributed by atoms with Crippen molar-refractivity contribution in [3.63, 3.8) is 0 Å². The van der Waals surface area contributed by atoms with E-state index in [-0.39, 0.29) is 5.92 Å². The molecule has 0 aromatic heterocycles. The summed E-state index contributed by atoms with van der Waals surface area (Å²) >= 11 is 0. The maximum absolute atomic E-state index is 11.1. The summed E-state index contributed by atoms with van der Waals surface area (Å²) in [5, 5.41) is 9.17. The third kappa shape index (κ3) is 4.34. The number of hydrogen-bond acceptors (Lipinski definition) is 2. The summed E-state index contributed by atoms with van der Waals surface area (Å²) in [6.07, 6.45) is 6.29. The molecule has 1 aromatic carbocycles. The van der Waals surface area contributed by atoms with Gasteiger partial charge < -0.3 is 5.11 Å². The van der Waals surface area contributed by atoms with Gasteiger partial charge in [-0.15, -0.1) is 0 Å². The van der Waals surface area contributed by atoms with E-state index in [2.05, 4.69) is 29.2 Å². The molecule has 20 heavy (non-hydrogen) atoms. The number of benzene rings is 1. The van der Waals surface area contributed by atoms with Gasteiger partial charge in [-0.1, -0.05) is 56.5 Å². The van der Waals surface area contributed by atoms with Gasteiger partial charge in [0.05, 0.1) is 5.92 Å². The number of nitrogens with zero attached hydrogens (tertiary/aromatic N) is 1. The van der Waals surface area contributed by atoms with Crippen molar-refractivity contribution < 1.29 is 9.90 Å². The summed E-state index contributed by atoms with van der Waals surface area (Å²) in [6, 6.07) is 10.9. The highest BCUT2D eigenvalue weighted by Gasteiger charge is 2.24. The Balaban J connectivity index is 2.04. The molecule has 1 unspecified atom stereocenters. The molecule has 1 aliphatic carbocycles. The van der Waals surface area contributed by atoms with E-state index in [9.17, 15) is 4.79 Å². The molecular formula is C17H25NO2. The van der Waals surface area contributed by atoms with E-state index in [1.54, 1.807) is 0 Å². The van der Waals surface area contributed by atoms with Gasteiger partial charge in [-0.2, -0.15) is 0 Å². The maximum atomic E-state index is 11.1. The Labute approximate surface area is 121 Å². The number of carboxylic acid groups (broad SMARTS) is 1. The molecule has 0 heterocycles. The summed E-state index contributed by atoms with van der Waals surface area (Å²) in [7, 11) is 0. The van der Waals surface area contributed by atoms with Crippen molar-refractivity contribution in [2.45, 2.75) is 51.6 Å². The third-order valence-corrected chi connectivity index (χ3v) is 4.25. The lowest BCUT2D eigenvalue weighted by molar-refractivity contribution is -0.142. The average molecular weight is 275 g/mol. The molecule has 0 spiro atoms. The van der Waals surface area contributed by atoms with Crippen molar-refractivity contribution in [3.8, 4) is 0 Å². The van der Waals surface area contributed by atoms with E-state index in [1.807, 2.05) is 13.0 Å². The molecule has 110 valence electrons. The van der Waals surface area contributed by atoms with E-state index in [0.29, 0.717) is 12.6 Å². The van der Waals surface area contributed by atoms with Crippen molar-refractivity contribution in [2.75, 3.05) is 6.54 Å². The molecule has 3 nitrogen and oxygen atoms in total.